The SMILES string of the molecule is CN1CCN(C(=O)NCC2(c3ccc(Cl)cc3)CC2)CC1. The molecular weight excluding hydrogens is 286 g/mol. The molecule has 1 aromatic rings. The molecule has 1 heterocycles. The number of amides is 2. The molecule has 0 bridgehead atoms. The lowest BCUT2D eigenvalue weighted by Gasteiger charge is -2.32. The van der Waals surface area contributed by atoms with E-state index in [0.29, 0.717) is 0 Å². The summed E-state index contributed by atoms with van der Waals surface area (Å²) in [6.07, 6.45) is 2.27. The Bertz CT molecular complexity index is 505. The van der Waals surface area contributed by atoms with Crippen LogP contribution in [0.15, 0.2) is 24.3 Å². The van der Waals surface area contributed by atoms with Gasteiger partial charge in [-0.15, -0.1) is 0 Å². The average molecular weight is 308 g/mol. The molecule has 1 saturated heterocycles. The molecule has 0 radical (unpaired) electrons. The Hall–Kier alpha value is -1.26. The second kappa shape index (κ2) is 5.85. The number of carbonyl (C=O) groups is 1. The molecular formula is C16H22ClN3O. The molecule has 2 fully saturated rings. The van der Waals surface area contributed by atoms with E-state index < -0.39 is 0 Å². The highest BCUT2D eigenvalue weighted by Gasteiger charge is 2.44. The maximum absolute atomic E-state index is 12.2. The molecule has 1 saturated carbocycles. The van der Waals surface area contributed by atoms with Gasteiger partial charge in [0.05, 0.1) is 0 Å². The molecule has 0 aromatic heterocycles. The standard InChI is InChI=1S/C16H22ClN3O/c1-19-8-10-20(11-9-19)15(21)18-12-16(6-7-16)13-2-4-14(17)5-3-13/h2-5H,6-12H2,1H3,(H,18,21). The van der Waals surface area contributed by atoms with Gasteiger partial charge >= 0.3 is 6.03 Å². The number of hydrogen-bond acceptors (Lipinski definition) is 2. The van der Waals surface area contributed by atoms with Gasteiger partial charge in [0.2, 0.25) is 0 Å². The van der Waals surface area contributed by atoms with Crippen molar-refractivity contribution in [2.24, 2.45) is 0 Å². The summed E-state index contributed by atoms with van der Waals surface area (Å²) in [5.74, 6) is 0. The van der Waals surface area contributed by atoms with E-state index in [1.54, 1.807) is 0 Å². The van der Waals surface area contributed by atoms with Crippen LogP contribution in [0, 0.1) is 0 Å². The number of rotatable bonds is 3. The zero-order valence-corrected chi connectivity index (χ0v) is 13.2. The molecule has 0 spiro atoms. The van der Waals surface area contributed by atoms with E-state index in [1.165, 1.54) is 5.56 Å². The van der Waals surface area contributed by atoms with Crippen molar-refractivity contribution in [3.05, 3.63) is 34.9 Å². The molecule has 4 nitrogen and oxygen atoms in total. The monoisotopic (exact) mass is 307 g/mol. The van der Waals surface area contributed by atoms with Crippen molar-refractivity contribution in [1.29, 1.82) is 0 Å². The average Bonchev–Trinajstić information content (AvgIpc) is 3.27. The van der Waals surface area contributed by atoms with Crippen LogP contribution in [-0.4, -0.2) is 55.6 Å². The van der Waals surface area contributed by atoms with Crippen LogP contribution in [0.25, 0.3) is 0 Å². The van der Waals surface area contributed by atoms with Gasteiger partial charge in [0.15, 0.2) is 0 Å². The Morgan fingerprint density at radius 3 is 2.38 bits per heavy atom. The summed E-state index contributed by atoms with van der Waals surface area (Å²) in [7, 11) is 2.09. The summed E-state index contributed by atoms with van der Waals surface area (Å²) in [6, 6.07) is 8.09. The van der Waals surface area contributed by atoms with E-state index in [1.807, 2.05) is 17.0 Å². The van der Waals surface area contributed by atoms with Gasteiger partial charge in [-0.1, -0.05) is 23.7 Å². The number of benzene rings is 1. The Kier molecular flexibility index (Phi) is 4.09. The number of piperazine rings is 1. The minimum Gasteiger partial charge on any atom is -0.337 e. The fourth-order valence-electron chi connectivity index (χ4n) is 2.89. The summed E-state index contributed by atoms with van der Waals surface area (Å²) in [5, 5.41) is 3.88. The fraction of sp³-hybridized carbons (Fsp3) is 0.562. The third-order valence-corrected chi connectivity index (χ3v) is 4.93. The Morgan fingerprint density at radius 1 is 1.19 bits per heavy atom. The maximum atomic E-state index is 12.2. The minimum absolute atomic E-state index is 0.0725. The highest BCUT2D eigenvalue weighted by molar-refractivity contribution is 6.30. The normalized spacial score (nSPS) is 21.1. The van der Waals surface area contributed by atoms with Crippen LogP contribution in [-0.2, 0) is 5.41 Å². The molecule has 2 aliphatic rings. The summed E-state index contributed by atoms with van der Waals surface area (Å²) in [5.41, 5.74) is 1.41. The first-order valence-corrected chi connectivity index (χ1v) is 7.94. The van der Waals surface area contributed by atoms with Crippen molar-refractivity contribution >= 4 is 17.6 Å². The summed E-state index contributed by atoms with van der Waals surface area (Å²) in [4.78, 5) is 16.4. The van der Waals surface area contributed by atoms with E-state index in [0.717, 1.165) is 50.6 Å². The number of hydrogen-bond donors (Lipinski definition) is 1. The summed E-state index contributed by atoms with van der Waals surface area (Å²) >= 11 is 5.94. The molecule has 1 N–H and O–H groups in total. The summed E-state index contributed by atoms with van der Waals surface area (Å²) < 4.78 is 0. The molecule has 1 aromatic carbocycles. The van der Waals surface area contributed by atoms with Gasteiger partial charge in [-0.25, -0.2) is 4.79 Å². The molecule has 2 amide bonds. The molecule has 0 atom stereocenters. The predicted octanol–water partition coefficient (Wildman–Crippen LogP) is 2.33. The molecule has 21 heavy (non-hydrogen) atoms. The fourth-order valence-corrected chi connectivity index (χ4v) is 3.01. The highest BCUT2D eigenvalue weighted by atomic mass is 35.5. The van der Waals surface area contributed by atoms with Gasteiger partial charge in [0.25, 0.3) is 0 Å². The van der Waals surface area contributed by atoms with Crippen LogP contribution in [0.1, 0.15) is 18.4 Å². The van der Waals surface area contributed by atoms with Crippen LogP contribution in [0.5, 0.6) is 0 Å². The lowest BCUT2D eigenvalue weighted by molar-refractivity contribution is 0.154. The van der Waals surface area contributed by atoms with Crippen molar-refractivity contribution in [3.8, 4) is 0 Å². The number of nitrogens with zero attached hydrogens (tertiary/aromatic N) is 2. The quantitative estimate of drug-likeness (QED) is 0.930. The van der Waals surface area contributed by atoms with Crippen molar-refractivity contribution < 1.29 is 4.79 Å². The molecule has 1 aliphatic carbocycles. The van der Waals surface area contributed by atoms with Crippen LogP contribution < -0.4 is 5.32 Å². The van der Waals surface area contributed by atoms with Crippen LogP contribution in [0.3, 0.4) is 0 Å². The third kappa shape index (κ3) is 3.33. The Morgan fingerprint density at radius 2 is 1.81 bits per heavy atom. The minimum atomic E-state index is 0.0725. The van der Waals surface area contributed by atoms with Crippen LogP contribution >= 0.6 is 11.6 Å². The summed E-state index contributed by atoms with van der Waals surface area (Å²) in [6.45, 7) is 4.26. The lowest BCUT2D eigenvalue weighted by atomic mass is 9.96. The van der Waals surface area contributed by atoms with Crippen LogP contribution in [0.2, 0.25) is 5.02 Å². The molecule has 3 rings (SSSR count). The van der Waals surface area contributed by atoms with Crippen molar-refractivity contribution in [2.75, 3.05) is 39.8 Å². The van der Waals surface area contributed by atoms with Crippen molar-refractivity contribution in [2.45, 2.75) is 18.3 Å². The van der Waals surface area contributed by atoms with Gasteiger partial charge in [-0.05, 0) is 37.6 Å². The first-order valence-electron chi connectivity index (χ1n) is 7.56. The van der Waals surface area contributed by atoms with Gasteiger partial charge < -0.3 is 15.1 Å². The third-order valence-electron chi connectivity index (χ3n) is 4.68. The molecule has 114 valence electrons. The van der Waals surface area contributed by atoms with Gasteiger partial charge in [0, 0.05) is 43.2 Å². The van der Waals surface area contributed by atoms with E-state index in [-0.39, 0.29) is 11.4 Å². The number of halogens is 1. The number of carbonyl (C=O) groups excluding carboxylic acids is 1. The van der Waals surface area contributed by atoms with Gasteiger partial charge in [-0.2, -0.15) is 0 Å². The van der Waals surface area contributed by atoms with Crippen molar-refractivity contribution in [1.82, 2.24) is 15.1 Å². The van der Waals surface area contributed by atoms with E-state index >= 15 is 0 Å². The lowest BCUT2D eigenvalue weighted by Crippen LogP contribution is -2.51. The molecule has 5 heteroatoms. The van der Waals surface area contributed by atoms with Gasteiger partial charge in [0.1, 0.15) is 0 Å². The highest BCUT2D eigenvalue weighted by Crippen LogP contribution is 2.47. The Labute approximate surface area is 131 Å². The first-order chi connectivity index (χ1) is 10.1. The smallest absolute Gasteiger partial charge is 0.317 e. The van der Waals surface area contributed by atoms with Crippen LogP contribution in [0.4, 0.5) is 4.79 Å². The topological polar surface area (TPSA) is 35.6 Å². The number of nitrogens with one attached hydrogen (secondary N) is 1. The predicted molar refractivity (Wildman–Crippen MR) is 84.8 cm³/mol. The zero-order valence-electron chi connectivity index (χ0n) is 12.4. The number of likely N-dealkylation sites (N-methyl/N-ethyl adjacent to an activating group) is 1. The van der Waals surface area contributed by atoms with E-state index in [2.05, 4.69) is 29.4 Å². The first kappa shape index (κ1) is 14.7. The second-order valence-electron chi connectivity index (χ2n) is 6.24. The number of urea groups is 1. The largest absolute Gasteiger partial charge is 0.337 e. The zero-order chi connectivity index (χ0) is 14.9. The van der Waals surface area contributed by atoms with E-state index in [4.69, 9.17) is 11.6 Å². The second-order valence-corrected chi connectivity index (χ2v) is 6.67. The van der Waals surface area contributed by atoms with E-state index in [9.17, 15) is 4.79 Å². The van der Waals surface area contributed by atoms with Gasteiger partial charge in [-0.3, -0.25) is 0 Å². The molecule has 0 unspecified atom stereocenters. The van der Waals surface area contributed by atoms with Crippen molar-refractivity contribution in [3.63, 3.8) is 0 Å². The maximum Gasteiger partial charge on any atom is 0.317 e. The molecule has 1 aliphatic heterocycles. The Balaban J connectivity index is 1.55.